The van der Waals surface area contributed by atoms with Gasteiger partial charge in [0, 0.05) is 34.9 Å². The number of aryl methyl sites for hydroxylation is 1. The van der Waals surface area contributed by atoms with E-state index in [-0.39, 0.29) is 6.61 Å². The van der Waals surface area contributed by atoms with Crippen LogP contribution in [0.15, 0.2) is 93.6 Å². The van der Waals surface area contributed by atoms with Crippen molar-refractivity contribution < 1.29 is 13.9 Å². The second-order valence-electron chi connectivity index (χ2n) is 7.72. The molecule has 0 radical (unpaired) electrons. The molecule has 0 spiro atoms. The molecule has 168 valence electrons. The maximum atomic E-state index is 12.5. The number of aromatic nitrogens is 2. The molecule has 6 nitrogen and oxygen atoms in total. The molecule has 0 atom stereocenters. The van der Waals surface area contributed by atoms with Crippen LogP contribution in [-0.4, -0.2) is 15.7 Å². The number of carbonyl (C=O) groups excluding carboxylic acids is 1. The summed E-state index contributed by atoms with van der Waals surface area (Å²) < 4.78 is 12.5. The fourth-order valence-electron chi connectivity index (χ4n) is 3.64. The van der Waals surface area contributed by atoms with Crippen LogP contribution in [0.2, 0.25) is 0 Å². The third-order valence-corrected chi connectivity index (χ3v) is 6.15. The van der Waals surface area contributed by atoms with E-state index in [1.807, 2.05) is 73.1 Å². The molecule has 0 bridgehead atoms. The number of rotatable bonds is 6. The van der Waals surface area contributed by atoms with Crippen molar-refractivity contribution in [2.75, 3.05) is 0 Å². The van der Waals surface area contributed by atoms with Gasteiger partial charge in [0.15, 0.2) is 0 Å². The molecule has 0 N–H and O–H groups in total. The van der Waals surface area contributed by atoms with Crippen molar-refractivity contribution in [1.82, 2.24) is 9.78 Å². The molecule has 0 amide bonds. The first kappa shape index (κ1) is 21.6. The van der Waals surface area contributed by atoms with E-state index in [4.69, 9.17) is 14.3 Å². The first-order valence-corrected chi connectivity index (χ1v) is 11.5. The third kappa shape index (κ3) is 4.60. The number of carbonyl (C=O) groups is 1. The predicted molar refractivity (Wildman–Crippen MR) is 133 cm³/mol. The largest absolute Gasteiger partial charge is 0.458 e. The van der Waals surface area contributed by atoms with Gasteiger partial charge >= 0.3 is 11.6 Å². The lowest BCUT2D eigenvalue weighted by molar-refractivity contribution is -0.138. The van der Waals surface area contributed by atoms with Crippen molar-refractivity contribution in [1.29, 1.82) is 0 Å². The van der Waals surface area contributed by atoms with Gasteiger partial charge < -0.3 is 9.15 Å². The van der Waals surface area contributed by atoms with Crippen molar-refractivity contribution in [3.05, 3.63) is 111 Å². The van der Waals surface area contributed by atoms with Gasteiger partial charge in [-0.05, 0) is 48.2 Å². The number of nitrogens with zero attached hydrogens (tertiary/aromatic N) is 2. The monoisotopic (exact) mass is 468 g/mol. The fraction of sp³-hybridized carbons (Fsp3) is 0.0741. The topological polar surface area (TPSA) is 74.3 Å². The third-order valence-electron chi connectivity index (χ3n) is 5.27. The molecular formula is C27H20N2O4S. The van der Waals surface area contributed by atoms with Gasteiger partial charge in [-0.25, -0.2) is 14.3 Å². The molecule has 0 aliphatic heterocycles. The number of thiophene rings is 1. The molecule has 0 fully saturated rings. The summed E-state index contributed by atoms with van der Waals surface area (Å²) in [5, 5.41) is 7.45. The average molecular weight is 469 g/mol. The Morgan fingerprint density at radius 1 is 1.12 bits per heavy atom. The number of para-hydroxylation sites is 1. The molecule has 5 aromatic rings. The van der Waals surface area contributed by atoms with Crippen molar-refractivity contribution in [2.45, 2.75) is 13.5 Å². The number of hydrogen-bond acceptors (Lipinski definition) is 6. The summed E-state index contributed by atoms with van der Waals surface area (Å²) in [6.45, 7) is 1.89. The summed E-state index contributed by atoms with van der Waals surface area (Å²) in [7, 11) is 0. The van der Waals surface area contributed by atoms with E-state index in [1.54, 1.807) is 28.2 Å². The van der Waals surface area contributed by atoms with Gasteiger partial charge in [0.25, 0.3) is 0 Å². The van der Waals surface area contributed by atoms with Crippen LogP contribution >= 0.6 is 11.3 Å². The summed E-state index contributed by atoms with van der Waals surface area (Å²) in [4.78, 5) is 25.4. The highest BCUT2D eigenvalue weighted by atomic mass is 32.1. The van der Waals surface area contributed by atoms with E-state index in [0.29, 0.717) is 11.1 Å². The predicted octanol–water partition coefficient (Wildman–Crippen LogP) is 5.77. The molecule has 7 heteroatoms. The van der Waals surface area contributed by atoms with E-state index >= 15 is 0 Å². The molecule has 0 saturated heterocycles. The Balaban J connectivity index is 1.37. The van der Waals surface area contributed by atoms with Gasteiger partial charge in [-0.3, -0.25) is 0 Å². The zero-order valence-corrected chi connectivity index (χ0v) is 19.1. The van der Waals surface area contributed by atoms with Crippen LogP contribution in [0.3, 0.4) is 0 Å². The molecule has 0 aliphatic rings. The Kier molecular flexibility index (Phi) is 5.93. The Bertz CT molecular complexity index is 1550. The van der Waals surface area contributed by atoms with Crippen LogP contribution < -0.4 is 5.63 Å². The minimum Gasteiger partial charge on any atom is -0.458 e. The minimum absolute atomic E-state index is 0.0323. The lowest BCUT2D eigenvalue weighted by atomic mass is 10.1. The normalized spacial score (nSPS) is 11.3. The number of fused-ring (bicyclic) bond motifs is 1. The molecule has 0 aliphatic carbocycles. The Morgan fingerprint density at radius 2 is 1.97 bits per heavy atom. The highest BCUT2D eigenvalue weighted by Crippen LogP contribution is 2.28. The summed E-state index contributed by atoms with van der Waals surface area (Å²) in [6.07, 6.45) is 4.96. The van der Waals surface area contributed by atoms with Gasteiger partial charge in [-0.15, -0.1) is 11.3 Å². The second kappa shape index (κ2) is 9.33. The summed E-state index contributed by atoms with van der Waals surface area (Å²) >= 11 is 1.58. The Labute approximate surface area is 199 Å². The SMILES string of the molecule is Cc1ccc2c(COC(=O)C=Cc3cn(-c4ccccc4)nc3-c3cccs3)cc(=O)oc2c1. The summed E-state index contributed by atoms with van der Waals surface area (Å²) in [5.41, 5.74) is 4.08. The number of ether oxygens (including phenoxy) is 1. The first-order chi connectivity index (χ1) is 16.6. The van der Waals surface area contributed by atoms with Crippen LogP contribution in [-0.2, 0) is 16.1 Å². The quantitative estimate of drug-likeness (QED) is 0.180. The molecule has 0 unspecified atom stereocenters. The Morgan fingerprint density at radius 3 is 2.76 bits per heavy atom. The molecule has 34 heavy (non-hydrogen) atoms. The van der Waals surface area contributed by atoms with Crippen LogP contribution in [0.25, 0.3) is 33.3 Å². The average Bonchev–Trinajstić information content (AvgIpc) is 3.51. The lowest BCUT2D eigenvalue weighted by Gasteiger charge is -2.06. The number of benzene rings is 2. The molecule has 2 aromatic carbocycles. The van der Waals surface area contributed by atoms with Crippen LogP contribution in [0, 0.1) is 6.92 Å². The van der Waals surface area contributed by atoms with Crippen LogP contribution in [0.4, 0.5) is 0 Å². The van der Waals surface area contributed by atoms with Crippen molar-refractivity contribution in [3.63, 3.8) is 0 Å². The van der Waals surface area contributed by atoms with E-state index in [9.17, 15) is 9.59 Å². The molecule has 3 heterocycles. The molecular weight excluding hydrogens is 448 g/mol. The second-order valence-corrected chi connectivity index (χ2v) is 8.67. The van der Waals surface area contributed by atoms with Crippen molar-refractivity contribution >= 4 is 34.4 Å². The first-order valence-electron chi connectivity index (χ1n) is 10.6. The van der Waals surface area contributed by atoms with Gasteiger partial charge in [0.2, 0.25) is 0 Å². The zero-order chi connectivity index (χ0) is 23.5. The highest BCUT2D eigenvalue weighted by molar-refractivity contribution is 7.13. The fourth-order valence-corrected chi connectivity index (χ4v) is 4.37. The van der Waals surface area contributed by atoms with E-state index < -0.39 is 11.6 Å². The van der Waals surface area contributed by atoms with Crippen molar-refractivity contribution in [3.8, 4) is 16.3 Å². The number of hydrogen-bond donors (Lipinski definition) is 0. The molecule has 5 rings (SSSR count). The van der Waals surface area contributed by atoms with Gasteiger partial charge in [-0.2, -0.15) is 5.10 Å². The zero-order valence-electron chi connectivity index (χ0n) is 18.3. The molecule has 0 saturated carbocycles. The molecule has 3 aromatic heterocycles. The van der Waals surface area contributed by atoms with Crippen LogP contribution in [0.1, 0.15) is 16.7 Å². The van der Waals surface area contributed by atoms with Gasteiger partial charge in [0.1, 0.15) is 17.9 Å². The highest BCUT2D eigenvalue weighted by Gasteiger charge is 2.12. The maximum Gasteiger partial charge on any atom is 0.336 e. The van der Waals surface area contributed by atoms with E-state index in [2.05, 4.69) is 0 Å². The van der Waals surface area contributed by atoms with E-state index in [0.717, 1.165) is 32.8 Å². The summed E-state index contributed by atoms with van der Waals surface area (Å²) in [6, 6.07) is 20.7. The number of esters is 1. The maximum absolute atomic E-state index is 12.5. The minimum atomic E-state index is -0.516. The smallest absolute Gasteiger partial charge is 0.336 e. The standard InChI is InChI=1S/C27H20N2O4S/c1-18-9-11-22-20(15-26(31)33-23(22)14-18)17-32-25(30)12-10-19-16-29(21-6-3-2-4-7-21)28-27(19)24-8-5-13-34-24/h2-16H,17H2,1H3. The summed E-state index contributed by atoms with van der Waals surface area (Å²) in [5.74, 6) is -0.516. The van der Waals surface area contributed by atoms with Crippen molar-refractivity contribution in [2.24, 2.45) is 0 Å². The van der Waals surface area contributed by atoms with E-state index in [1.165, 1.54) is 12.1 Å². The van der Waals surface area contributed by atoms with Crippen LogP contribution in [0.5, 0.6) is 0 Å². The van der Waals surface area contributed by atoms with Gasteiger partial charge in [-0.1, -0.05) is 36.4 Å². The Hall–Kier alpha value is -4.23. The lowest BCUT2D eigenvalue weighted by Crippen LogP contribution is -2.05. The van der Waals surface area contributed by atoms with Gasteiger partial charge in [0.05, 0.1) is 10.6 Å².